The minimum atomic E-state index is 0.469. The number of thioether (sulfide) groups is 1. The number of hydrogen-bond acceptors (Lipinski definition) is 4. The van der Waals surface area contributed by atoms with E-state index in [0.717, 1.165) is 18.0 Å². The van der Waals surface area contributed by atoms with E-state index in [4.69, 9.17) is 9.47 Å². The van der Waals surface area contributed by atoms with Gasteiger partial charge in [0.1, 0.15) is 13.2 Å². The zero-order chi connectivity index (χ0) is 12.4. The van der Waals surface area contributed by atoms with Crippen molar-refractivity contribution in [1.82, 2.24) is 5.32 Å². The molecule has 0 bridgehead atoms. The van der Waals surface area contributed by atoms with E-state index in [9.17, 15) is 0 Å². The molecule has 1 saturated heterocycles. The molecule has 18 heavy (non-hydrogen) atoms. The van der Waals surface area contributed by atoms with E-state index in [-0.39, 0.29) is 0 Å². The van der Waals surface area contributed by atoms with Crippen LogP contribution in [0.3, 0.4) is 0 Å². The summed E-state index contributed by atoms with van der Waals surface area (Å²) in [6, 6.07) is 4.77. The molecule has 1 aromatic rings. The molecule has 2 aliphatic heterocycles. The second-order valence-electron chi connectivity index (χ2n) is 4.74. The SMILES string of the molecule is CSc1cc2c(cc1C1CCCCN1)OCCO2. The molecule has 0 saturated carbocycles. The summed E-state index contributed by atoms with van der Waals surface area (Å²) in [5, 5.41) is 3.61. The van der Waals surface area contributed by atoms with Crippen LogP contribution in [0.15, 0.2) is 17.0 Å². The number of fused-ring (bicyclic) bond motifs is 1. The number of piperidine rings is 1. The maximum absolute atomic E-state index is 5.69. The van der Waals surface area contributed by atoms with Gasteiger partial charge in [0.15, 0.2) is 11.5 Å². The van der Waals surface area contributed by atoms with Crippen molar-refractivity contribution in [3.05, 3.63) is 17.7 Å². The van der Waals surface area contributed by atoms with E-state index in [2.05, 4.69) is 23.7 Å². The van der Waals surface area contributed by atoms with Crippen molar-refractivity contribution in [3.63, 3.8) is 0 Å². The van der Waals surface area contributed by atoms with Gasteiger partial charge in [0.25, 0.3) is 0 Å². The van der Waals surface area contributed by atoms with Crippen molar-refractivity contribution in [3.8, 4) is 11.5 Å². The summed E-state index contributed by atoms with van der Waals surface area (Å²) in [4.78, 5) is 1.30. The third-order valence-electron chi connectivity index (χ3n) is 3.58. The summed E-state index contributed by atoms with van der Waals surface area (Å²) < 4.78 is 11.3. The van der Waals surface area contributed by atoms with Crippen LogP contribution in [0.1, 0.15) is 30.9 Å². The molecule has 1 N–H and O–H groups in total. The fourth-order valence-corrected chi connectivity index (χ4v) is 3.31. The lowest BCUT2D eigenvalue weighted by Gasteiger charge is -2.27. The molecule has 0 aromatic heterocycles. The van der Waals surface area contributed by atoms with Crippen LogP contribution in [0.2, 0.25) is 0 Å². The molecule has 0 amide bonds. The predicted octanol–water partition coefficient (Wildman–Crippen LogP) is 2.99. The molecule has 1 aromatic carbocycles. The highest BCUT2D eigenvalue weighted by atomic mass is 32.2. The Kier molecular flexibility index (Phi) is 3.66. The first kappa shape index (κ1) is 12.2. The fraction of sp³-hybridized carbons (Fsp3) is 0.571. The smallest absolute Gasteiger partial charge is 0.162 e. The largest absolute Gasteiger partial charge is 0.486 e. The Morgan fingerprint density at radius 2 is 1.94 bits per heavy atom. The second-order valence-corrected chi connectivity index (χ2v) is 5.59. The Bertz CT molecular complexity index is 430. The predicted molar refractivity (Wildman–Crippen MR) is 73.8 cm³/mol. The molecular weight excluding hydrogens is 246 g/mol. The van der Waals surface area contributed by atoms with Crippen LogP contribution in [-0.4, -0.2) is 26.0 Å². The zero-order valence-electron chi connectivity index (χ0n) is 10.7. The highest BCUT2D eigenvalue weighted by molar-refractivity contribution is 7.98. The van der Waals surface area contributed by atoms with Crippen LogP contribution < -0.4 is 14.8 Å². The lowest BCUT2D eigenvalue weighted by Crippen LogP contribution is -2.27. The number of ether oxygens (including phenoxy) is 2. The Labute approximate surface area is 112 Å². The number of hydrogen-bond donors (Lipinski definition) is 1. The summed E-state index contributed by atoms with van der Waals surface area (Å²) in [6.45, 7) is 2.43. The molecule has 0 aliphatic carbocycles. The Balaban J connectivity index is 1.95. The van der Waals surface area contributed by atoms with Gasteiger partial charge in [0.05, 0.1) is 0 Å². The van der Waals surface area contributed by atoms with Crippen molar-refractivity contribution in [2.75, 3.05) is 26.0 Å². The first-order chi connectivity index (χ1) is 8.88. The monoisotopic (exact) mass is 265 g/mol. The van der Waals surface area contributed by atoms with Crippen LogP contribution >= 0.6 is 11.8 Å². The van der Waals surface area contributed by atoms with E-state index in [1.807, 2.05) is 0 Å². The molecule has 0 spiro atoms. The van der Waals surface area contributed by atoms with Crippen LogP contribution in [0, 0.1) is 0 Å². The van der Waals surface area contributed by atoms with Crippen molar-refractivity contribution in [2.24, 2.45) is 0 Å². The van der Waals surface area contributed by atoms with E-state index >= 15 is 0 Å². The normalized spacial score (nSPS) is 22.8. The quantitative estimate of drug-likeness (QED) is 0.833. The molecule has 98 valence electrons. The summed E-state index contributed by atoms with van der Waals surface area (Å²) in [5.74, 6) is 1.80. The Morgan fingerprint density at radius 1 is 1.17 bits per heavy atom. The van der Waals surface area contributed by atoms with Gasteiger partial charge >= 0.3 is 0 Å². The Morgan fingerprint density at radius 3 is 2.61 bits per heavy atom. The van der Waals surface area contributed by atoms with Gasteiger partial charge in [-0.05, 0) is 43.3 Å². The fourth-order valence-electron chi connectivity index (χ4n) is 2.65. The average molecular weight is 265 g/mol. The first-order valence-corrected chi connectivity index (χ1v) is 7.82. The highest BCUT2D eigenvalue weighted by Crippen LogP contribution is 2.40. The summed E-state index contributed by atoms with van der Waals surface area (Å²) in [5.41, 5.74) is 1.37. The van der Waals surface area contributed by atoms with Gasteiger partial charge in [0, 0.05) is 10.9 Å². The molecule has 3 rings (SSSR count). The van der Waals surface area contributed by atoms with E-state index in [1.165, 1.54) is 29.7 Å². The summed E-state index contributed by atoms with van der Waals surface area (Å²) >= 11 is 1.79. The third-order valence-corrected chi connectivity index (χ3v) is 4.37. The molecule has 4 heteroatoms. The van der Waals surface area contributed by atoms with Crippen molar-refractivity contribution in [2.45, 2.75) is 30.2 Å². The van der Waals surface area contributed by atoms with Gasteiger partial charge in [-0.3, -0.25) is 0 Å². The van der Waals surface area contributed by atoms with Crippen molar-refractivity contribution >= 4 is 11.8 Å². The first-order valence-electron chi connectivity index (χ1n) is 6.59. The minimum Gasteiger partial charge on any atom is -0.486 e. The topological polar surface area (TPSA) is 30.5 Å². The van der Waals surface area contributed by atoms with Gasteiger partial charge in [-0.15, -0.1) is 11.8 Å². The highest BCUT2D eigenvalue weighted by Gasteiger charge is 2.22. The van der Waals surface area contributed by atoms with Gasteiger partial charge < -0.3 is 14.8 Å². The lowest BCUT2D eigenvalue weighted by molar-refractivity contribution is 0.170. The van der Waals surface area contributed by atoms with E-state index < -0.39 is 0 Å². The molecule has 1 atom stereocenters. The number of nitrogens with one attached hydrogen (secondary N) is 1. The molecule has 1 unspecified atom stereocenters. The molecule has 3 nitrogen and oxygen atoms in total. The second kappa shape index (κ2) is 5.41. The van der Waals surface area contributed by atoms with Crippen LogP contribution in [0.4, 0.5) is 0 Å². The van der Waals surface area contributed by atoms with Gasteiger partial charge in [-0.25, -0.2) is 0 Å². The maximum Gasteiger partial charge on any atom is 0.162 e. The van der Waals surface area contributed by atoms with Gasteiger partial charge in [-0.1, -0.05) is 6.42 Å². The van der Waals surface area contributed by atoms with Crippen molar-refractivity contribution in [1.29, 1.82) is 0 Å². The molecular formula is C14H19NO2S. The van der Waals surface area contributed by atoms with Crippen LogP contribution in [-0.2, 0) is 0 Å². The van der Waals surface area contributed by atoms with Crippen LogP contribution in [0.25, 0.3) is 0 Å². The van der Waals surface area contributed by atoms with Gasteiger partial charge in [-0.2, -0.15) is 0 Å². The average Bonchev–Trinajstić information content (AvgIpc) is 2.46. The molecule has 1 fully saturated rings. The minimum absolute atomic E-state index is 0.469. The number of rotatable bonds is 2. The lowest BCUT2D eigenvalue weighted by atomic mass is 9.97. The summed E-state index contributed by atoms with van der Waals surface area (Å²) in [6.07, 6.45) is 5.93. The molecule has 0 radical (unpaired) electrons. The number of benzene rings is 1. The molecule has 2 heterocycles. The molecule has 2 aliphatic rings. The standard InChI is InChI=1S/C14H19NO2S/c1-18-14-9-13-12(16-6-7-17-13)8-10(14)11-4-2-3-5-15-11/h8-9,11,15H,2-7H2,1H3. The van der Waals surface area contributed by atoms with E-state index in [0.29, 0.717) is 19.3 Å². The maximum atomic E-state index is 5.69. The van der Waals surface area contributed by atoms with Crippen LogP contribution in [0.5, 0.6) is 11.5 Å². The Hall–Kier alpha value is -0.870. The summed E-state index contributed by atoms with van der Waals surface area (Å²) in [7, 11) is 0. The van der Waals surface area contributed by atoms with Crippen molar-refractivity contribution < 1.29 is 9.47 Å². The van der Waals surface area contributed by atoms with E-state index in [1.54, 1.807) is 11.8 Å². The van der Waals surface area contributed by atoms with Gasteiger partial charge in [0.2, 0.25) is 0 Å². The zero-order valence-corrected chi connectivity index (χ0v) is 11.5. The third kappa shape index (κ3) is 2.31.